The second kappa shape index (κ2) is 17.0. The topological polar surface area (TPSA) is 52.6 Å². The third-order valence-electron chi connectivity index (χ3n) is 6.63. The summed E-state index contributed by atoms with van der Waals surface area (Å²) in [5.41, 5.74) is 1.24. The van der Waals surface area contributed by atoms with Crippen LogP contribution in [0.15, 0.2) is 21.9 Å². The molecule has 0 aliphatic carbocycles. The summed E-state index contributed by atoms with van der Waals surface area (Å²) in [5, 5.41) is 0. The van der Waals surface area contributed by atoms with Gasteiger partial charge in [-0.15, -0.1) is 0 Å². The summed E-state index contributed by atoms with van der Waals surface area (Å²) >= 11 is -2.91. The molecule has 0 fully saturated rings. The minimum atomic E-state index is -2.91. The van der Waals surface area contributed by atoms with Crippen LogP contribution in [0.25, 0.3) is 0 Å². The van der Waals surface area contributed by atoms with E-state index in [4.69, 9.17) is 9.47 Å². The fourth-order valence-corrected chi connectivity index (χ4v) is 28.3. The Balaban J connectivity index is 7.02. The molecule has 0 unspecified atom stereocenters. The maximum atomic E-state index is 13.5. The molecule has 0 aliphatic rings. The molecule has 0 amide bonds. The van der Waals surface area contributed by atoms with E-state index < -0.39 is 43.8 Å². The predicted octanol–water partition coefficient (Wildman–Crippen LogP) is 8.26. The molecule has 0 aromatic carbocycles. The third kappa shape index (κ3) is 10.6. The molecule has 0 aromatic rings. The Kier molecular flexibility index (Phi) is 16.7. The van der Waals surface area contributed by atoms with Gasteiger partial charge in [0.15, 0.2) is 0 Å². The molecule has 4 nitrogen and oxygen atoms in total. The molecule has 6 heteroatoms. The van der Waals surface area contributed by atoms with Gasteiger partial charge in [-0.05, 0) is 0 Å². The molecule has 0 spiro atoms. The first-order valence-corrected chi connectivity index (χ1v) is 24.8. The molecule has 0 N–H and O–H groups in total. The number of rotatable bonds is 19. The number of hydrogen-bond acceptors (Lipinski definition) is 4. The van der Waals surface area contributed by atoms with E-state index >= 15 is 0 Å². The summed E-state index contributed by atoms with van der Waals surface area (Å²) in [6.45, 7) is 21.9. The first-order valence-electron chi connectivity index (χ1n) is 13.7. The molecule has 0 bridgehead atoms. The van der Waals surface area contributed by atoms with Crippen LogP contribution in [-0.4, -0.2) is 51.6 Å². The monoisotopic (exact) mass is 602 g/mol. The van der Waals surface area contributed by atoms with Gasteiger partial charge in [0.2, 0.25) is 0 Å². The normalized spacial score (nSPS) is 13.0. The summed E-state index contributed by atoms with van der Waals surface area (Å²) in [5.74, 6) is -0.895. The van der Waals surface area contributed by atoms with Crippen molar-refractivity contribution in [2.24, 2.45) is 5.41 Å². The molecule has 0 radical (unpaired) electrons. The number of carbonyl (C=O) groups is 2. The van der Waals surface area contributed by atoms with Crippen LogP contribution in [0, 0.1) is 5.41 Å². The Hall–Kier alpha value is -0.564. The number of ether oxygens (including phenoxy) is 2. The Bertz CT molecular complexity index is 612. The molecule has 0 aliphatic heterocycles. The Morgan fingerprint density at radius 2 is 1.24 bits per heavy atom. The predicted molar refractivity (Wildman–Crippen MR) is 151 cm³/mol. The van der Waals surface area contributed by atoms with Crippen molar-refractivity contribution in [3.63, 3.8) is 0 Å². The van der Waals surface area contributed by atoms with Gasteiger partial charge in [0.05, 0.1) is 0 Å². The summed E-state index contributed by atoms with van der Waals surface area (Å²) in [7, 11) is -1.62. The zero-order chi connectivity index (χ0) is 26.3. The number of carbonyl (C=O) groups excluding carboxylic acids is 2. The van der Waals surface area contributed by atoms with Gasteiger partial charge < -0.3 is 0 Å². The first kappa shape index (κ1) is 33.4. The SMILES string of the molecule is C=CCC(C/[C](=C/[Si](C)(C)C)[Sn]([CH2]CCC)([CH2]CCC)[CH2]CCC)(C(=O)OCC)C(=O)OCC. The van der Waals surface area contributed by atoms with Crippen molar-refractivity contribution in [1.29, 1.82) is 0 Å². The molecular formula is C28H54O4SiSn. The van der Waals surface area contributed by atoms with E-state index in [-0.39, 0.29) is 19.6 Å². The fourth-order valence-electron chi connectivity index (χ4n) is 4.89. The van der Waals surface area contributed by atoms with E-state index in [2.05, 4.69) is 52.7 Å². The van der Waals surface area contributed by atoms with E-state index in [9.17, 15) is 9.59 Å². The number of unbranched alkanes of at least 4 members (excludes halogenated alkanes) is 3. The molecule has 0 saturated heterocycles. The van der Waals surface area contributed by atoms with Crippen LogP contribution in [0.2, 0.25) is 33.0 Å². The quantitative estimate of drug-likeness (QED) is 0.0648. The van der Waals surface area contributed by atoms with Crippen LogP contribution in [0.4, 0.5) is 0 Å². The van der Waals surface area contributed by atoms with Crippen molar-refractivity contribution in [2.75, 3.05) is 13.2 Å². The molecule has 198 valence electrons. The fraction of sp³-hybridized carbons (Fsp3) is 0.786. The zero-order valence-electron chi connectivity index (χ0n) is 23.7. The summed E-state index contributed by atoms with van der Waals surface area (Å²) in [4.78, 5) is 27.0. The molecule has 34 heavy (non-hydrogen) atoms. The number of allylic oxidation sites excluding steroid dienone is 2. The second-order valence-corrected chi connectivity index (χ2v) is 29.3. The number of hydrogen-bond donors (Lipinski definition) is 0. The van der Waals surface area contributed by atoms with Gasteiger partial charge in [-0.2, -0.15) is 0 Å². The average Bonchev–Trinajstić information content (AvgIpc) is 2.77. The van der Waals surface area contributed by atoms with E-state index in [0.717, 1.165) is 0 Å². The average molecular weight is 602 g/mol. The molecular weight excluding hydrogens is 547 g/mol. The van der Waals surface area contributed by atoms with Gasteiger partial charge in [-0.25, -0.2) is 0 Å². The first-order chi connectivity index (χ1) is 16.0. The summed E-state index contributed by atoms with van der Waals surface area (Å²) in [6.07, 6.45) is 9.67. The molecule has 0 saturated carbocycles. The zero-order valence-corrected chi connectivity index (χ0v) is 27.5. The van der Waals surface area contributed by atoms with Crippen LogP contribution in [0.1, 0.15) is 86.0 Å². The van der Waals surface area contributed by atoms with Gasteiger partial charge in [-0.3, -0.25) is 0 Å². The van der Waals surface area contributed by atoms with Crippen molar-refractivity contribution in [2.45, 2.75) is 119 Å². The second-order valence-electron chi connectivity index (χ2n) is 10.8. The van der Waals surface area contributed by atoms with Crippen LogP contribution >= 0.6 is 0 Å². The van der Waals surface area contributed by atoms with Gasteiger partial charge in [-0.1, -0.05) is 0 Å². The molecule has 0 atom stereocenters. The van der Waals surface area contributed by atoms with E-state index in [0.29, 0.717) is 6.42 Å². The summed E-state index contributed by atoms with van der Waals surface area (Å²) < 4.78 is 16.5. The van der Waals surface area contributed by atoms with E-state index in [1.165, 1.54) is 55.4 Å². The van der Waals surface area contributed by atoms with Crippen molar-refractivity contribution in [3.05, 3.63) is 21.9 Å². The molecule has 0 rings (SSSR count). The minimum absolute atomic E-state index is 0.250. The van der Waals surface area contributed by atoms with Crippen LogP contribution < -0.4 is 0 Å². The van der Waals surface area contributed by atoms with Gasteiger partial charge >= 0.3 is 217 Å². The number of esters is 2. The Labute approximate surface area is 216 Å². The van der Waals surface area contributed by atoms with Gasteiger partial charge in [0.1, 0.15) is 0 Å². The van der Waals surface area contributed by atoms with Crippen LogP contribution in [0.3, 0.4) is 0 Å². The van der Waals surface area contributed by atoms with Crippen molar-refractivity contribution < 1.29 is 19.1 Å². The van der Waals surface area contributed by atoms with Crippen LogP contribution in [0.5, 0.6) is 0 Å². The Morgan fingerprint density at radius 3 is 1.53 bits per heavy atom. The molecule has 0 heterocycles. The van der Waals surface area contributed by atoms with E-state index in [1.54, 1.807) is 19.9 Å². The Morgan fingerprint density at radius 1 is 0.824 bits per heavy atom. The third-order valence-corrected chi connectivity index (χ3v) is 24.7. The van der Waals surface area contributed by atoms with E-state index in [1.807, 2.05) is 0 Å². The van der Waals surface area contributed by atoms with Crippen molar-refractivity contribution >= 4 is 38.4 Å². The standard InChI is InChI=1S/C16H27O4Si.3C4H9.Sn/c1-7-11-16(14(17)19-8-2,15(18)20-9-3)12-10-13-21(4,5)6;3*1-3-4-2;/h7,13H,1,8-9,11-12H2,2-6H3;3*1,3-4H2,2H3;. The van der Waals surface area contributed by atoms with Gasteiger partial charge in [0, 0.05) is 0 Å². The summed E-state index contributed by atoms with van der Waals surface area (Å²) in [6, 6.07) is 0. The van der Waals surface area contributed by atoms with Crippen LogP contribution in [-0.2, 0) is 19.1 Å². The van der Waals surface area contributed by atoms with Crippen molar-refractivity contribution in [1.82, 2.24) is 0 Å². The maximum absolute atomic E-state index is 13.5. The molecule has 0 aromatic heterocycles. The van der Waals surface area contributed by atoms with Gasteiger partial charge in [0.25, 0.3) is 0 Å². The van der Waals surface area contributed by atoms with Crippen molar-refractivity contribution in [3.8, 4) is 0 Å².